The van der Waals surface area contributed by atoms with E-state index in [1.54, 1.807) is 6.92 Å². The zero-order valence-corrected chi connectivity index (χ0v) is 11.8. The second kappa shape index (κ2) is 6.53. The van der Waals surface area contributed by atoms with Crippen molar-refractivity contribution in [1.29, 1.82) is 0 Å². The van der Waals surface area contributed by atoms with E-state index < -0.39 is 16.4 Å². The number of nitrogens with one attached hydrogen (secondary N) is 1. The molecule has 1 atom stereocenters. The summed E-state index contributed by atoms with van der Waals surface area (Å²) in [5.74, 6) is -0.861. The van der Waals surface area contributed by atoms with Crippen LogP contribution in [-0.4, -0.2) is 34.7 Å². The molecule has 0 bridgehead atoms. The number of likely N-dealkylation sites (N-methyl/N-ethyl adjacent to an activating group) is 1. The van der Waals surface area contributed by atoms with Gasteiger partial charge in [-0.3, -0.25) is 20.2 Å². The summed E-state index contributed by atoms with van der Waals surface area (Å²) >= 11 is 5.86. The van der Waals surface area contributed by atoms with Crippen LogP contribution in [0.2, 0.25) is 5.02 Å². The number of nitro benzene ring substituents is 1. The number of rotatable bonds is 7. The number of halogens is 1. The summed E-state index contributed by atoms with van der Waals surface area (Å²) < 4.78 is 5.35. The third-order valence-corrected chi connectivity index (χ3v) is 2.98. The molecule has 0 aliphatic heterocycles. The first-order chi connectivity index (χ1) is 9.30. The maximum Gasteiger partial charge on any atom is 0.327 e. The molecule has 0 fully saturated rings. The second-order valence-electron chi connectivity index (χ2n) is 4.33. The van der Waals surface area contributed by atoms with E-state index in [-0.39, 0.29) is 23.1 Å². The van der Waals surface area contributed by atoms with Crippen molar-refractivity contribution >= 4 is 23.3 Å². The molecule has 0 amide bonds. The first-order valence-corrected chi connectivity index (χ1v) is 6.23. The minimum absolute atomic E-state index is 0.0587. The van der Waals surface area contributed by atoms with Gasteiger partial charge in [-0.2, -0.15) is 0 Å². The van der Waals surface area contributed by atoms with Crippen LogP contribution in [0.4, 0.5) is 5.69 Å². The Bertz CT molecular complexity index is 523. The standard InChI is InChI=1S/C12H15ClN2O5/c1-3-14-12(2,11(16)17)7-20-10-5-4-8(15(18)19)6-9(10)13/h4-6,14H,3,7H2,1-2H3,(H,16,17). The van der Waals surface area contributed by atoms with Crippen molar-refractivity contribution < 1.29 is 19.6 Å². The zero-order chi connectivity index (χ0) is 15.3. The average Bonchev–Trinajstić information content (AvgIpc) is 2.37. The van der Waals surface area contributed by atoms with E-state index in [9.17, 15) is 14.9 Å². The predicted octanol–water partition coefficient (Wildman–Crippen LogP) is 2.08. The molecule has 8 heteroatoms. The SMILES string of the molecule is CCNC(C)(COc1ccc([N+](=O)[O-])cc1Cl)C(=O)O. The molecule has 0 spiro atoms. The molecule has 0 aliphatic rings. The van der Waals surface area contributed by atoms with E-state index in [0.29, 0.717) is 6.54 Å². The monoisotopic (exact) mass is 302 g/mol. The van der Waals surface area contributed by atoms with Gasteiger partial charge in [-0.05, 0) is 19.5 Å². The first-order valence-electron chi connectivity index (χ1n) is 5.85. The van der Waals surface area contributed by atoms with Crippen molar-refractivity contribution in [3.63, 3.8) is 0 Å². The van der Waals surface area contributed by atoms with E-state index in [4.69, 9.17) is 21.4 Å². The van der Waals surface area contributed by atoms with Crippen molar-refractivity contribution in [3.05, 3.63) is 33.3 Å². The number of carboxylic acid groups (broad SMARTS) is 1. The number of nitro groups is 1. The van der Waals surface area contributed by atoms with Gasteiger partial charge in [-0.25, -0.2) is 0 Å². The van der Waals surface area contributed by atoms with Crippen LogP contribution in [-0.2, 0) is 4.79 Å². The topological polar surface area (TPSA) is 102 Å². The van der Waals surface area contributed by atoms with E-state index in [0.717, 1.165) is 6.07 Å². The fraction of sp³-hybridized carbons (Fsp3) is 0.417. The minimum atomic E-state index is -1.26. The Morgan fingerprint density at radius 2 is 2.25 bits per heavy atom. The lowest BCUT2D eigenvalue weighted by Crippen LogP contribution is -2.53. The molecule has 0 saturated carbocycles. The van der Waals surface area contributed by atoms with Gasteiger partial charge in [0.25, 0.3) is 5.69 Å². The molecular formula is C12H15ClN2O5. The number of benzene rings is 1. The van der Waals surface area contributed by atoms with Crippen molar-refractivity contribution in [3.8, 4) is 5.75 Å². The number of aliphatic carboxylic acids is 1. The average molecular weight is 303 g/mol. The molecular weight excluding hydrogens is 288 g/mol. The van der Waals surface area contributed by atoms with Crippen LogP contribution in [0.1, 0.15) is 13.8 Å². The summed E-state index contributed by atoms with van der Waals surface area (Å²) in [6.45, 7) is 3.56. The van der Waals surface area contributed by atoms with Crippen LogP contribution in [0.15, 0.2) is 18.2 Å². The molecule has 0 radical (unpaired) electrons. The molecule has 2 N–H and O–H groups in total. The fourth-order valence-electron chi connectivity index (χ4n) is 1.52. The summed E-state index contributed by atoms with van der Waals surface area (Å²) in [6.07, 6.45) is 0. The largest absolute Gasteiger partial charge is 0.489 e. The van der Waals surface area contributed by atoms with Gasteiger partial charge in [-0.1, -0.05) is 18.5 Å². The number of hydrogen-bond acceptors (Lipinski definition) is 5. The Labute approximate surface area is 120 Å². The highest BCUT2D eigenvalue weighted by atomic mass is 35.5. The number of carbonyl (C=O) groups is 1. The van der Waals surface area contributed by atoms with Crippen LogP contribution in [0.5, 0.6) is 5.75 Å². The Hall–Kier alpha value is -1.86. The van der Waals surface area contributed by atoms with E-state index in [1.807, 2.05) is 0 Å². The third kappa shape index (κ3) is 3.82. The number of carboxylic acids is 1. The molecule has 7 nitrogen and oxygen atoms in total. The zero-order valence-electron chi connectivity index (χ0n) is 11.1. The van der Waals surface area contributed by atoms with E-state index in [2.05, 4.69) is 5.32 Å². The molecule has 110 valence electrons. The van der Waals surface area contributed by atoms with Crippen LogP contribution >= 0.6 is 11.6 Å². The highest BCUT2D eigenvalue weighted by molar-refractivity contribution is 6.32. The summed E-state index contributed by atoms with van der Waals surface area (Å²) in [5, 5.41) is 22.6. The minimum Gasteiger partial charge on any atom is -0.489 e. The number of nitrogens with zero attached hydrogens (tertiary/aromatic N) is 1. The van der Waals surface area contributed by atoms with Gasteiger partial charge < -0.3 is 9.84 Å². The van der Waals surface area contributed by atoms with Gasteiger partial charge in [0, 0.05) is 12.1 Å². The Balaban J connectivity index is 2.84. The quantitative estimate of drug-likeness (QED) is 0.590. The van der Waals surface area contributed by atoms with Gasteiger partial charge in [0.2, 0.25) is 0 Å². The Morgan fingerprint density at radius 3 is 2.70 bits per heavy atom. The number of hydrogen-bond donors (Lipinski definition) is 2. The number of ether oxygens (including phenoxy) is 1. The van der Waals surface area contributed by atoms with Gasteiger partial charge in [0.05, 0.1) is 9.95 Å². The van der Waals surface area contributed by atoms with Crippen LogP contribution in [0.3, 0.4) is 0 Å². The lowest BCUT2D eigenvalue weighted by atomic mass is 10.0. The maximum absolute atomic E-state index is 11.2. The summed E-state index contributed by atoms with van der Waals surface area (Å²) in [7, 11) is 0. The molecule has 20 heavy (non-hydrogen) atoms. The number of non-ortho nitro benzene ring substituents is 1. The smallest absolute Gasteiger partial charge is 0.327 e. The van der Waals surface area contributed by atoms with Crippen LogP contribution < -0.4 is 10.1 Å². The molecule has 0 saturated heterocycles. The van der Waals surface area contributed by atoms with Crippen molar-refractivity contribution in [2.45, 2.75) is 19.4 Å². The summed E-state index contributed by atoms with van der Waals surface area (Å²) in [5.41, 5.74) is -1.42. The third-order valence-electron chi connectivity index (χ3n) is 2.68. The lowest BCUT2D eigenvalue weighted by molar-refractivity contribution is -0.384. The Kier molecular flexibility index (Phi) is 5.29. The summed E-state index contributed by atoms with van der Waals surface area (Å²) in [6, 6.07) is 3.74. The second-order valence-corrected chi connectivity index (χ2v) is 4.74. The van der Waals surface area contributed by atoms with Gasteiger partial charge in [-0.15, -0.1) is 0 Å². The molecule has 1 unspecified atom stereocenters. The van der Waals surface area contributed by atoms with Crippen molar-refractivity contribution in [2.75, 3.05) is 13.2 Å². The Morgan fingerprint density at radius 1 is 1.60 bits per heavy atom. The first kappa shape index (κ1) is 16.2. The molecule has 1 aromatic rings. The van der Waals surface area contributed by atoms with Crippen LogP contribution in [0.25, 0.3) is 0 Å². The van der Waals surface area contributed by atoms with E-state index >= 15 is 0 Å². The normalized spacial score (nSPS) is 13.6. The van der Waals surface area contributed by atoms with Gasteiger partial charge in [0.1, 0.15) is 17.9 Å². The molecule has 0 aliphatic carbocycles. The molecule has 0 aromatic heterocycles. The van der Waals surface area contributed by atoms with Gasteiger partial charge >= 0.3 is 5.97 Å². The van der Waals surface area contributed by atoms with Gasteiger partial charge in [0.15, 0.2) is 0 Å². The molecule has 1 aromatic carbocycles. The highest BCUT2D eigenvalue weighted by Gasteiger charge is 2.33. The lowest BCUT2D eigenvalue weighted by Gasteiger charge is -2.25. The molecule has 0 heterocycles. The fourth-order valence-corrected chi connectivity index (χ4v) is 1.75. The molecule has 1 rings (SSSR count). The summed E-state index contributed by atoms with van der Waals surface area (Å²) in [4.78, 5) is 21.2. The van der Waals surface area contributed by atoms with Crippen molar-refractivity contribution in [2.24, 2.45) is 0 Å². The van der Waals surface area contributed by atoms with E-state index in [1.165, 1.54) is 19.1 Å². The van der Waals surface area contributed by atoms with Crippen molar-refractivity contribution in [1.82, 2.24) is 5.32 Å². The maximum atomic E-state index is 11.2. The predicted molar refractivity (Wildman–Crippen MR) is 73.3 cm³/mol. The highest BCUT2D eigenvalue weighted by Crippen LogP contribution is 2.29. The van der Waals surface area contributed by atoms with Crippen LogP contribution in [0, 0.1) is 10.1 Å².